The van der Waals surface area contributed by atoms with E-state index < -0.39 is 0 Å². The summed E-state index contributed by atoms with van der Waals surface area (Å²) in [7, 11) is 0. The third-order valence-corrected chi connectivity index (χ3v) is 6.42. The van der Waals surface area contributed by atoms with E-state index in [-0.39, 0.29) is 0 Å². The Morgan fingerprint density at radius 2 is 1.63 bits per heavy atom. The predicted molar refractivity (Wildman–Crippen MR) is 109 cm³/mol. The van der Waals surface area contributed by atoms with Gasteiger partial charge in [-0.1, -0.05) is 13.8 Å². The van der Waals surface area contributed by atoms with Crippen LogP contribution in [0.15, 0.2) is 0 Å². The molecule has 148 valence electrons. The van der Waals surface area contributed by atoms with Crippen molar-refractivity contribution < 1.29 is 0 Å². The van der Waals surface area contributed by atoms with Crippen LogP contribution in [-0.4, -0.2) is 71.3 Å². The molecule has 0 radical (unpaired) electrons. The molecule has 2 fully saturated rings. The molecule has 3 heterocycles. The summed E-state index contributed by atoms with van der Waals surface area (Å²) in [5, 5.41) is 18.6. The maximum absolute atomic E-state index is 9.73. The normalized spacial score (nSPS) is 24.3. The molecule has 0 spiro atoms. The van der Waals surface area contributed by atoms with Gasteiger partial charge in [0.2, 0.25) is 0 Å². The van der Waals surface area contributed by atoms with Crippen molar-refractivity contribution in [2.24, 2.45) is 0 Å². The van der Waals surface area contributed by atoms with E-state index in [0.29, 0.717) is 0 Å². The Morgan fingerprint density at radius 3 is 2.19 bits per heavy atom. The van der Waals surface area contributed by atoms with Gasteiger partial charge in [-0.2, -0.15) is 10.4 Å². The van der Waals surface area contributed by atoms with E-state index in [1.54, 1.807) is 0 Å². The fourth-order valence-corrected chi connectivity index (χ4v) is 4.63. The number of hydrogen-bond donors (Lipinski definition) is 0. The van der Waals surface area contributed by atoms with Crippen LogP contribution in [-0.2, 0) is 12.8 Å². The number of piperazine rings is 1. The van der Waals surface area contributed by atoms with Gasteiger partial charge in [-0.25, -0.2) is 0 Å². The molecule has 2 saturated heterocycles. The van der Waals surface area contributed by atoms with Crippen molar-refractivity contribution in [1.29, 1.82) is 5.26 Å². The highest BCUT2D eigenvalue weighted by molar-refractivity contribution is 5.58. The lowest BCUT2D eigenvalue weighted by Gasteiger charge is -2.37. The first-order valence-electron chi connectivity index (χ1n) is 10.6. The molecule has 0 aliphatic carbocycles. The fourth-order valence-electron chi connectivity index (χ4n) is 4.63. The molecule has 0 aromatic carbocycles. The van der Waals surface area contributed by atoms with E-state index in [4.69, 9.17) is 0 Å². The van der Waals surface area contributed by atoms with E-state index >= 15 is 0 Å². The zero-order chi connectivity index (χ0) is 19.4. The summed E-state index contributed by atoms with van der Waals surface area (Å²) in [6, 6.07) is 3.85. The number of aromatic nitrogens is 2. The standard InChI is InChI=1S/C21H34N6/c1-5-18-19(15-22)21(24-23-20(18)6-2)26-12-9-25(10-13-26)11-14-27-16(3)7-8-17(27)4/h16-17H,5-14H2,1-4H3. The first-order chi connectivity index (χ1) is 13.1. The lowest BCUT2D eigenvalue weighted by atomic mass is 10.0. The minimum Gasteiger partial charge on any atom is -0.351 e. The van der Waals surface area contributed by atoms with E-state index in [0.717, 1.165) is 86.8 Å². The number of nitriles is 1. The molecule has 2 unspecified atom stereocenters. The number of nitrogens with zero attached hydrogens (tertiary/aromatic N) is 6. The van der Waals surface area contributed by atoms with Crippen LogP contribution in [0.4, 0.5) is 5.82 Å². The number of anilines is 1. The van der Waals surface area contributed by atoms with Crippen LogP contribution in [0.3, 0.4) is 0 Å². The molecule has 0 amide bonds. The van der Waals surface area contributed by atoms with E-state index in [1.165, 1.54) is 12.8 Å². The van der Waals surface area contributed by atoms with Gasteiger partial charge in [0.25, 0.3) is 0 Å². The van der Waals surface area contributed by atoms with Crippen LogP contribution in [0.5, 0.6) is 0 Å². The van der Waals surface area contributed by atoms with Crippen LogP contribution < -0.4 is 4.90 Å². The quantitative estimate of drug-likeness (QED) is 0.767. The molecule has 0 saturated carbocycles. The lowest BCUT2D eigenvalue weighted by molar-refractivity contribution is 0.165. The van der Waals surface area contributed by atoms with Gasteiger partial charge in [0.15, 0.2) is 5.82 Å². The van der Waals surface area contributed by atoms with Crippen molar-refractivity contribution in [3.05, 3.63) is 16.8 Å². The maximum Gasteiger partial charge on any atom is 0.169 e. The van der Waals surface area contributed by atoms with Gasteiger partial charge >= 0.3 is 0 Å². The summed E-state index contributed by atoms with van der Waals surface area (Å²) in [4.78, 5) is 7.46. The van der Waals surface area contributed by atoms with E-state index in [2.05, 4.69) is 58.7 Å². The second kappa shape index (κ2) is 8.99. The highest BCUT2D eigenvalue weighted by Crippen LogP contribution is 2.25. The first-order valence-corrected chi connectivity index (χ1v) is 10.6. The molecule has 2 aliphatic heterocycles. The van der Waals surface area contributed by atoms with Crippen LogP contribution >= 0.6 is 0 Å². The van der Waals surface area contributed by atoms with Gasteiger partial charge in [0.1, 0.15) is 11.6 Å². The minimum atomic E-state index is 0.722. The molecular weight excluding hydrogens is 336 g/mol. The van der Waals surface area contributed by atoms with Gasteiger partial charge in [0.05, 0.1) is 5.69 Å². The largest absolute Gasteiger partial charge is 0.351 e. The van der Waals surface area contributed by atoms with E-state index in [1.807, 2.05) is 0 Å². The fraction of sp³-hybridized carbons (Fsp3) is 0.762. The summed E-state index contributed by atoms with van der Waals surface area (Å²) in [6.07, 6.45) is 4.32. The topological polar surface area (TPSA) is 59.3 Å². The summed E-state index contributed by atoms with van der Waals surface area (Å²) >= 11 is 0. The average Bonchev–Trinajstić information content (AvgIpc) is 3.03. The Balaban J connectivity index is 1.60. The molecule has 0 N–H and O–H groups in total. The summed E-state index contributed by atoms with van der Waals surface area (Å²) < 4.78 is 0. The van der Waals surface area contributed by atoms with Crippen LogP contribution in [0.1, 0.15) is 57.4 Å². The van der Waals surface area contributed by atoms with Gasteiger partial charge in [-0.15, -0.1) is 5.10 Å². The third-order valence-electron chi connectivity index (χ3n) is 6.42. The van der Waals surface area contributed by atoms with E-state index in [9.17, 15) is 5.26 Å². The highest BCUT2D eigenvalue weighted by atomic mass is 15.3. The van der Waals surface area contributed by atoms with Crippen LogP contribution in [0.25, 0.3) is 0 Å². The van der Waals surface area contributed by atoms with Crippen molar-refractivity contribution in [3.63, 3.8) is 0 Å². The number of rotatable bonds is 6. The molecule has 3 rings (SSSR count). The zero-order valence-corrected chi connectivity index (χ0v) is 17.4. The van der Waals surface area contributed by atoms with Crippen molar-refractivity contribution in [1.82, 2.24) is 20.0 Å². The Kier molecular flexibility index (Phi) is 6.67. The molecule has 2 aliphatic rings. The SMILES string of the molecule is CCc1nnc(N2CCN(CCN3C(C)CCC3C)CC2)c(C#N)c1CC. The molecule has 2 atom stereocenters. The van der Waals surface area contributed by atoms with Gasteiger partial charge < -0.3 is 4.90 Å². The Bertz CT molecular complexity index is 664. The first kappa shape index (κ1) is 20.0. The lowest BCUT2D eigenvalue weighted by Crippen LogP contribution is -2.49. The molecule has 1 aromatic rings. The maximum atomic E-state index is 9.73. The monoisotopic (exact) mass is 370 g/mol. The Hall–Kier alpha value is -1.71. The predicted octanol–water partition coefficient (Wildman–Crippen LogP) is 2.47. The summed E-state index contributed by atoms with van der Waals surface area (Å²) in [5.41, 5.74) is 2.77. The molecule has 27 heavy (non-hydrogen) atoms. The molecular formula is C21H34N6. The number of aryl methyl sites for hydroxylation is 1. The Labute approximate surface area is 164 Å². The average molecular weight is 371 g/mol. The molecule has 1 aromatic heterocycles. The smallest absolute Gasteiger partial charge is 0.169 e. The minimum absolute atomic E-state index is 0.722. The summed E-state index contributed by atoms with van der Waals surface area (Å²) in [5.74, 6) is 0.785. The van der Waals surface area contributed by atoms with Crippen molar-refractivity contribution in [2.45, 2.75) is 65.5 Å². The molecule has 6 heteroatoms. The second-order valence-corrected chi connectivity index (χ2v) is 7.98. The van der Waals surface area contributed by atoms with Crippen LogP contribution in [0.2, 0.25) is 0 Å². The van der Waals surface area contributed by atoms with Gasteiger partial charge in [0, 0.05) is 51.4 Å². The highest BCUT2D eigenvalue weighted by Gasteiger charge is 2.28. The molecule has 0 bridgehead atoms. The van der Waals surface area contributed by atoms with Gasteiger partial charge in [-0.05, 0) is 45.1 Å². The van der Waals surface area contributed by atoms with Crippen LogP contribution in [0, 0.1) is 11.3 Å². The molecule has 6 nitrogen and oxygen atoms in total. The Morgan fingerprint density at radius 1 is 0.963 bits per heavy atom. The number of hydrogen-bond acceptors (Lipinski definition) is 6. The van der Waals surface area contributed by atoms with Crippen molar-refractivity contribution >= 4 is 5.82 Å². The van der Waals surface area contributed by atoms with Crippen molar-refractivity contribution in [3.8, 4) is 6.07 Å². The van der Waals surface area contributed by atoms with Gasteiger partial charge in [-0.3, -0.25) is 9.80 Å². The van der Waals surface area contributed by atoms with Crippen molar-refractivity contribution in [2.75, 3.05) is 44.2 Å². The number of likely N-dealkylation sites (tertiary alicyclic amines) is 1. The zero-order valence-electron chi connectivity index (χ0n) is 17.4. The summed E-state index contributed by atoms with van der Waals surface area (Å²) in [6.45, 7) is 15.1. The second-order valence-electron chi connectivity index (χ2n) is 7.98. The third kappa shape index (κ3) is 4.25.